The third kappa shape index (κ3) is 77.4. The van der Waals surface area contributed by atoms with Crippen molar-refractivity contribution in [3.8, 4) is 0 Å². The number of phosphoric acid groups is 2. The Bertz CT molecular complexity index is 2530. The molecule has 0 aromatic carbocycles. The van der Waals surface area contributed by atoms with Crippen LogP contribution in [-0.2, 0) is 65.4 Å². The Balaban J connectivity index is 5.49. The van der Waals surface area contributed by atoms with Crippen LogP contribution in [0.25, 0.3) is 0 Å². The van der Waals surface area contributed by atoms with E-state index in [1.54, 1.807) is 0 Å². The smallest absolute Gasteiger partial charge is 0.462 e. The van der Waals surface area contributed by atoms with Crippen LogP contribution in [0.2, 0.25) is 0 Å². The first-order valence-corrected chi connectivity index (χ1v) is 44.4. The topological polar surface area (TPSA) is 237 Å². The number of carbonyl (C=O) groups is 4. The van der Waals surface area contributed by atoms with Crippen LogP contribution in [-0.4, -0.2) is 96.7 Å². The SMILES string of the molecule is CCCCC/C=C\C/C=C\C/C=C\C/C=C\C/C=C\CCC(=O)OC[C@H](COP(=O)(O)OC[C@@H](O)COP(=O)(O)OC[C@@H](COC(=O)CCCCCCCCC/C=C\CCCCCC)OC(=O)CCCCCCCCCCCCCCC)OC(=O)CC/C=C\C/C=C\C/C=C\C/C=C\C/C=C\CCCCC. The molecule has 0 fully saturated rings. The second-order valence-corrected chi connectivity index (χ2v) is 30.3. The maximum absolute atomic E-state index is 13.1. The molecule has 0 heterocycles. The van der Waals surface area contributed by atoms with Crippen LogP contribution in [0.1, 0.15) is 336 Å². The molecule has 0 aromatic heterocycles. The molecule has 0 aromatic rings. The summed E-state index contributed by atoms with van der Waals surface area (Å²) in [5, 5.41) is 10.6. The molecule has 0 saturated heterocycles. The molecule has 0 radical (unpaired) electrons. The second kappa shape index (κ2) is 78.3. The quantitative estimate of drug-likeness (QED) is 0.0169. The highest BCUT2D eigenvalue weighted by molar-refractivity contribution is 7.47. The molecule has 0 aliphatic rings. The van der Waals surface area contributed by atoms with Gasteiger partial charge in [0.15, 0.2) is 12.2 Å². The first kappa shape index (κ1) is 101. The van der Waals surface area contributed by atoms with Crippen LogP contribution < -0.4 is 0 Å². The van der Waals surface area contributed by atoms with Gasteiger partial charge in [0.2, 0.25) is 0 Å². The maximum Gasteiger partial charge on any atom is 0.472 e. The van der Waals surface area contributed by atoms with Crippen molar-refractivity contribution in [2.45, 2.75) is 354 Å². The van der Waals surface area contributed by atoms with Gasteiger partial charge >= 0.3 is 39.5 Å². The standard InChI is InChI=1S/C87H148O17P2/c1-5-9-13-17-21-25-29-33-36-38-40-42-45-49-52-56-60-64-68-72-85(90)98-78-83(104-87(92)74-70-66-62-58-54-50-46-43-41-39-37-34-30-26-22-18-14-10-6-2)80-102-106(95,96)100-76-81(88)75-99-105(93,94)101-79-82(103-86(91)73-69-65-61-57-53-47-32-28-24-20-16-12-8-4)77-97-84(89)71-67-63-59-55-51-48-44-35-31-27-23-19-15-11-7-3/h21-22,25-27,31,33-34,36-37,40-43,49-50,52,54,60,62,64,66,81-83,88H,5-20,23-24,28-30,32,35,38-39,44-48,51,53,55-59,61,63,65,67-80H2,1-4H3,(H,93,94)(H,95,96)/b25-21-,26-22-,31-27-,36-33-,37-34-,42-40-,43-41-,52-49-,54-50-,64-60-,66-62-/t81-,82+,83+/m0/s1. The first-order valence-electron chi connectivity index (χ1n) is 41.4. The number of rotatable bonds is 77. The van der Waals surface area contributed by atoms with E-state index in [0.717, 1.165) is 116 Å². The van der Waals surface area contributed by atoms with Gasteiger partial charge in [0, 0.05) is 25.7 Å². The van der Waals surface area contributed by atoms with Crippen molar-refractivity contribution in [2.75, 3.05) is 39.6 Å². The third-order valence-electron chi connectivity index (χ3n) is 17.1. The zero-order chi connectivity index (χ0) is 77.4. The summed E-state index contributed by atoms with van der Waals surface area (Å²) in [5.74, 6) is -2.36. The molecule has 0 amide bonds. The Hall–Kier alpha value is -4.80. The van der Waals surface area contributed by atoms with E-state index in [9.17, 15) is 43.2 Å². The van der Waals surface area contributed by atoms with Crippen LogP contribution in [0.3, 0.4) is 0 Å². The molecule has 0 saturated carbocycles. The maximum atomic E-state index is 13.1. The Morgan fingerprint density at radius 1 is 0.264 bits per heavy atom. The lowest BCUT2D eigenvalue weighted by Crippen LogP contribution is -2.30. The highest BCUT2D eigenvalue weighted by Gasteiger charge is 2.30. The Morgan fingerprint density at radius 3 is 0.821 bits per heavy atom. The van der Waals surface area contributed by atoms with Gasteiger partial charge in [-0.2, -0.15) is 0 Å². The zero-order valence-corrected chi connectivity index (χ0v) is 68.4. The molecular formula is C87H148O17P2. The number of ether oxygens (including phenoxy) is 4. The molecule has 0 aliphatic carbocycles. The normalized spacial score (nSPS) is 14.5. The number of esters is 4. The van der Waals surface area contributed by atoms with Crippen molar-refractivity contribution < 1.29 is 80.2 Å². The molecule has 608 valence electrons. The second-order valence-electron chi connectivity index (χ2n) is 27.4. The van der Waals surface area contributed by atoms with Crippen molar-refractivity contribution in [1.29, 1.82) is 0 Å². The van der Waals surface area contributed by atoms with Gasteiger partial charge < -0.3 is 33.8 Å². The summed E-state index contributed by atoms with van der Waals surface area (Å²) in [6.07, 6.45) is 88.8. The van der Waals surface area contributed by atoms with E-state index >= 15 is 0 Å². The first-order chi connectivity index (χ1) is 51.7. The van der Waals surface area contributed by atoms with E-state index in [4.69, 9.17) is 37.0 Å². The van der Waals surface area contributed by atoms with Gasteiger partial charge in [0.25, 0.3) is 0 Å². The van der Waals surface area contributed by atoms with Crippen LogP contribution in [0.4, 0.5) is 0 Å². The summed E-state index contributed by atoms with van der Waals surface area (Å²) in [5.41, 5.74) is 0. The Labute approximate surface area is 644 Å². The molecule has 0 bridgehead atoms. The van der Waals surface area contributed by atoms with Crippen LogP contribution in [0, 0.1) is 0 Å². The van der Waals surface area contributed by atoms with Crippen molar-refractivity contribution in [3.05, 3.63) is 134 Å². The minimum atomic E-state index is -5.02. The van der Waals surface area contributed by atoms with Crippen molar-refractivity contribution in [3.63, 3.8) is 0 Å². The predicted molar refractivity (Wildman–Crippen MR) is 436 cm³/mol. The largest absolute Gasteiger partial charge is 0.472 e. The summed E-state index contributed by atoms with van der Waals surface area (Å²) in [7, 11) is -10.0. The molecule has 5 atom stereocenters. The van der Waals surface area contributed by atoms with Crippen LogP contribution in [0.5, 0.6) is 0 Å². The molecule has 0 aliphatic heterocycles. The molecule has 0 spiro atoms. The van der Waals surface area contributed by atoms with Gasteiger partial charge in [0.05, 0.1) is 26.4 Å². The summed E-state index contributed by atoms with van der Waals surface area (Å²) in [6, 6.07) is 0. The van der Waals surface area contributed by atoms with E-state index in [1.165, 1.54) is 128 Å². The number of unbranched alkanes of at least 4 members (excludes halogenated alkanes) is 29. The van der Waals surface area contributed by atoms with Gasteiger partial charge in [-0.3, -0.25) is 37.3 Å². The predicted octanol–water partition coefficient (Wildman–Crippen LogP) is 24.4. The van der Waals surface area contributed by atoms with Gasteiger partial charge in [0.1, 0.15) is 19.3 Å². The van der Waals surface area contributed by atoms with Crippen molar-refractivity contribution in [1.82, 2.24) is 0 Å². The molecule has 19 heteroatoms. The van der Waals surface area contributed by atoms with E-state index in [2.05, 4.69) is 125 Å². The fourth-order valence-electron chi connectivity index (χ4n) is 10.8. The van der Waals surface area contributed by atoms with Crippen molar-refractivity contribution >= 4 is 39.5 Å². The van der Waals surface area contributed by atoms with Gasteiger partial charge in [-0.25, -0.2) is 9.13 Å². The summed E-state index contributed by atoms with van der Waals surface area (Å²) < 4.78 is 68.5. The molecule has 17 nitrogen and oxygen atoms in total. The van der Waals surface area contributed by atoms with E-state index in [0.29, 0.717) is 38.5 Å². The summed E-state index contributed by atoms with van der Waals surface area (Å²) in [6.45, 7) is 4.66. The fraction of sp³-hybridized carbons (Fsp3) is 0.701. The number of aliphatic hydroxyl groups is 1. The number of aliphatic hydroxyl groups excluding tert-OH is 1. The molecule has 2 unspecified atom stereocenters. The Kier molecular flexibility index (Phi) is 74.8. The van der Waals surface area contributed by atoms with Gasteiger partial charge in [-0.15, -0.1) is 0 Å². The lowest BCUT2D eigenvalue weighted by molar-refractivity contribution is -0.161. The molecule has 3 N–H and O–H groups in total. The minimum absolute atomic E-state index is 0.0197. The van der Waals surface area contributed by atoms with E-state index < -0.39 is 97.5 Å². The fourth-order valence-corrected chi connectivity index (χ4v) is 12.3. The average molecular weight is 1530 g/mol. The summed E-state index contributed by atoms with van der Waals surface area (Å²) >= 11 is 0. The summed E-state index contributed by atoms with van der Waals surface area (Å²) in [4.78, 5) is 73.0. The third-order valence-corrected chi connectivity index (χ3v) is 19.0. The lowest BCUT2D eigenvalue weighted by atomic mass is 10.0. The molecule has 0 rings (SSSR count). The van der Waals surface area contributed by atoms with E-state index in [1.807, 2.05) is 36.5 Å². The van der Waals surface area contributed by atoms with Gasteiger partial charge in [-0.1, -0.05) is 315 Å². The highest BCUT2D eigenvalue weighted by Crippen LogP contribution is 2.45. The van der Waals surface area contributed by atoms with Crippen LogP contribution in [0.15, 0.2) is 134 Å². The zero-order valence-electron chi connectivity index (χ0n) is 66.6. The number of allylic oxidation sites excluding steroid dienone is 22. The molecular weight excluding hydrogens is 1380 g/mol. The molecule has 106 heavy (non-hydrogen) atoms. The number of carbonyl (C=O) groups excluding carboxylic acids is 4. The van der Waals surface area contributed by atoms with Gasteiger partial charge in [-0.05, 0) is 128 Å². The number of phosphoric ester groups is 2. The lowest BCUT2D eigenvalue weighted by Gasteiger charge is -2.21. The monoisotopic (exact) mass is 1530 g/mol. The number of hydrogen-bond acceptors (Lipinski definition) is 15. The minimum Gasteiger partial charge on any atom is -0.462 e. The average Bonchev–Trinajstić information content (AvgIpc) is 0.903. The highest BCUT2D eigenvalue weighted by atomic mass is 31.2. The number of hydrogen-bond donors (Lipinski definition) is 3. The van der Waals surface area contributed by atoms with E-state index in [-0.39, 0.29) is 25.7 Å². The Morgan fingerprint density at radius 2 is 0.481 bits per heavy atom. The van der Waals surface area contributed by atoms with Crippen LogP contribution >= 0.6 is 15.6 Å². The van der Waals surface area contributed by atoms with Crippen molar-refractivity contribution in [2.24, 2.45) is 0 Å².